The van der Waals surface area contributed by atoms with Crippen LogP contribution in [0.3, 0.4) is 0 Å². The van der Waals surface area contributed by atoms with E-state index in [0.29, 0.717) is 0 Å². The Hall–Kier alpha value is -1.46. The van der Waals surface area contributed by atoms with Crippen LogP contribution in [-0.2, 0) is 11.2 Å². The molecule has 0 aliphatic carbocycles. The number of nitrogens with zero attached hydrogens (tertiary/aromatic N) is 2. The molecular weight excluding hydrogens is 280 g/mol. The van der Waals surface area contributed by atoms with Crippen molar-refractivity contribution in [2.75, 3.05) is 66.1 Å². The first kappa shape index (κ1) is 16.9. The molecule has 22 heavy (non-hydrogen) atoms. The number of hydrogen-bond acceptors (Lipinski definition) is 5. The van der Waals surface area contributed by atoms with Gasteiger partial charge in [0, 0.05) is 19.2 Å². The number of aryl methyl sites for hydroxylation is 1. The minimum atomic E-state index is 0.760. The molecule has 0 amide bonds. The molecule has 0 spiro atoms. The van der Waals surface area contributed by atoms with Crippen LogP contribution in [-0.4, -0.2) is 66.1 Å². The monoisotopic (exact) mass is 308 g/mol. The Kier molecular flexibility index (Phi) is 6.34. The summed E-state index contributed by atoms with van der Waals surface area (Å²) >= 11 is 0. The van der Waals surface area contributed by atoms with Crippen molar-refractivity contribution in [3.8, 4) is 11.5 Å². The predicted molar refractivity (Wildman–Crippen MR) is 89.5 cm³/mol. The molecule has 1 aliphatic heterocycles. The van der Waals surface area contributed by atoms with Gasteiger partial charge in [-0.3, -0.25) is 0 Å². The molecule has 1 aromatic carbocycles. The maximum absolute atomic E-state index is 5.62. The molecule has 0 radical (unpaired) electrons. The van der Waals surface area contributed by atoms with E-state index in [-0.39, 0.29) is 0 Å². The molecule has 1 fully saturated rings. The summed E-state index contributed by atoms with van der Waals surface area (Å²) in [7, 11) is 7.66. The topological polar surface area (TPSA) is 34.2 Å². The molecule has 2 rings (SSSR count). The first-order valence-corrected chi connectivity index (χ1v) is 7.88. The highest BCUT2D eigenvalue weighted by molar-refractivity contribution is 5.64. The molecule has 0 unspecified atom stereocenters. The third kappa shape index (κ3) is 4.27. The second-order valence-corrected chi connectivity index (χ2v) is 5.84. The standard InChI is InChI=1S/C17H28N2O3/c1-18(2)7-5-6-14-12-17(21-4)15(13-16(14)20-3)19-8-10-22-11-9-19/h12-13H,5-11H2,1-4H3. The van der Waals surface area contributed by atoms with Gasteiger partial charge in [-0.15, -0.1) is 0 Å². The van der Waals surface area contributed by atoms with E-state index in [0.717, 1.165) is 62.9 Å². The minimum absolute atomic E-state index is 0.760. The first-order valence-electron chi connectivity index (χ1n) is 7.88. The van der Waals surface area contributed by atoms with Crippen LogP contribution in [0, 0.1) is 0 Å². The number of ether oxygens (including phenoxy) is 3. The Bertz CT molecular complexity index is 471. The molecule has 0 saturated carbocycles. The van der Waals surface area contributed by atoms with Crippen molar-refractivity contribution in [1.29, 1.82) is 0 Å². The molecule has 0 aromatic heterocycles. The summed E-state index contributed by atoms with van der Waals surface area (Å²) in [5, 5.41) is 0. The van der Waals surface area contributed by atoms with E-state index >= 15 is 0 Å². The molecule has 1 heterocycles. The Morgan fingerprint density at radius 2 is 1.77 bits per heavy atom. The second-order valence-electron chi connectivity index (χ2n) is 5.84. The van der Waals surface area contributed by atoms with Gasteiger partial charge in [-0.25, -0.2) is 0 Å². The first-order chi connectivity index (χ1) is 10.7. The summed E-state index contributed by atoms with van der Waals surface area (Å²) < 4.78 is 16.7. The number of hydrogen-bond donors (Lipinski definition) is 0. The molecule has 1 aliphatic rings. The zero-order valence-corrected chi connectivity index (χ0v) is 14.2. The maximum atomic E-state index is 5.62. The van der Waals surface area contributed by atoms with Crippen LogP contribution < -0.4 is 14.4 Å². The van der Waals surface area contributed by atoms with Crippen LogP contribution >= 0.6 is 0 Å². The van der Waals surface area contributed by atoms with Crippen molar-refractivity contribution in [2.24, 2.45) is 0 Å². The van der Waals surface area contributed by atoms with Gasteiger partial charge in [-0.1, -0.05) is 0 Å². The summed E-state index contributed by atoms with van der Waals surface area (Å²) in [4.78, 5) is 4.50. The molecule has 1 saturated heterocycles. The fraction of sp³-hybridized carbons (Fsp3) is 0.647. The van der Waals surface area contributed by atoms with Gasteiger partial charge in [0.25, 0.3) is 0 Å². The third-order valence-electron chi connectivity index (χ3n) is 3.99. The Labute approximate surface area is 133 Å². The van der Waals surface area contributed by atoms with Crippen LogP contribution in [0.2, 0.25) is 0 Å². The lowest BCUT2D eigenvalue weighted by atomic mass is 10.1. The molecule has 5 heteroatoms. The van der Waals surface area contributed by atoms with Gasteiger partial charge in [0.1, 0.15) is 11.5 Å². The maximum Gasteiger partial charge on any atom is 0.142 e. The van der Waals surface area contributed by atoms with Crippen molar-refractivity contribution in [3.05, 3.63) is 17.7 Å². The highest BCUT2D eigenvalue weighted by atomic mass is 16.5. The van der Waals surface area contributed by atoms with Gasteiger partial charge in [0.15, 0.2) is 0 Å². The van der Waals surface area contributed by atoms with E-state index in [9.17, 15) is 0 Å². The molecule has 0 N–H and O–H groups in total. The summed E-state index contributed by atoms with van der Waals surface area (Å²) in [6.07, 6.45) is 2.09. The quantitative estimate of drug-likeness (QED) is 0.770. The van der Waals surface area contributed by atoms with Crippen LogP contribution in [0.5, 0.6) is 11.5 Å². The fourth-order valence-electron chi connectivity index (χ4n) is 2.78. The van der Waals surface area contributed by atoms with E-state index in [2.05, 4.69) is 36.0 Å². The molecule has 0 atom stereocenters. The lowest BCUT2D eigenvalue weighted by Crippen LogP contribution is -2.36. The fourth-order valence-corrected chi connectivity index (χ4v) is 2.78. The van der Waals surface area contributed by atoms with Crippen molar-refractivity contribution >= 4 is 5.69 Å². The summed E-state index contributed by atoms with van der Waals surface area (Å²) in [5.74, 6) is 1.86. The SMILES string of the molecule is COc1cc(N2CCOCC2)c(OC)cc1CCCN(C)C. The predicted octanol–water partition coefficient (Wildman–Crippen LogP) is 2.03. The number of benzene rings is 1. The van der Waals surface area contributed by atoms with Crippen molar-refractivity contribution in [2.45, 2.75) is 12.8 Å². The lowest BCUT2D eigenvalue weighted by molar-refractivity contribution is 0.122. The van der Waals surface area contributed by atoms with Gasteiger partial charge < -0.3 is 24.0 Å². The van der Waals surface area contributed by atoms with Crippen molar-refractivity contribution < 1.29 is 14.2 Å². The van der Waals surface area contributed by atoms with Crippen LogP contribution in [0.1, 0.15) is 12.0 Å². The molecular formula is C17H28N2O3. The van der Waals surface area contributed by atoms with Gasteiger partial charge in [0.2, 0.25) is 0 Å². The normalized spacial score (nSPS) is 15.2. The zero-order chi connectivity index (χ0) is 15.9. The summed E-state index contributed by atoms with van der Waals surface area (Å²) in [5.41, 5.74) is 2.30. The average molecular weight is 308 g/mol. The van der Waals surface area contributed by atoms with Gasteiger partial charge in [-0.05, 0) is 45.1 Å². The van der Waals surface area contributed by atoms with Crippen LogP contribution in [0.15, 0.2) is 12.1 Å². The van der Waals surface area contributed by atoms with Gasteiger partial charge >= 0.3 is 0 Å². The van der Waals surface area contributed by atoms with Crippen LogP contribution in [0.4, 0.5) is 5.69 Å². The summed E-state index contributed by atoms with van der Waals surface area (Å²) in [6.45, 7) is 4.36. The average Bonchev–Trinajstić information content (AvgIpc) is 2.54. The second kappa shape index (κ2) is 8.25. The van der Waals surface area contributed by atoms with E-state index in [4.69, 9.17) is 14.2 Å². The Morgan fingerprint density at radius 3 is 2.36 bits per heavy atom. The van der Waals surface area contributed by atoms with Crippen molar-refractivity contribution in [1.82, 2.24) is 4.90 Å². The van der Waals surface area contributed by atoms with E-state index in [1.165, 1.54) is 5.56 Å². The van der Waals surface area contributed by atoms with Crippen molar-refractivity contribution in [3.63, 3.8) is 0 Å². The van der Waals surface area contributed by atoms with Crippen LogP contribution in [0.25, 0.3) is 0 Å². The Balaban J connectivity index is 2.20. The molecule has 1 aromatic rings. The number of methoxy groups -OCH3 is 2. The minimum Gasteiger partial charge on any atom is -0.496 e. The highest BCUT2D eigenvalue weighted by Gasteiger charge is 2.18. The highest BCUT2D eigenvalue weighted by Crippen LogP contribution is 2.36. The van der Waals surface area contributed by atoms with Gasteiger partial charge in [0.05, 0.1) is 33.1 Å². The molecule has 5 nitrogen and oxygen atoms in total. The Morgan fingerprint density at radius 1 is 1.09 bits per heavy atom. The molecule has 0 bridgehead atoms. The van der Waals surface area contributed by atoms with E-state index < -0.39 is 0 Å². The number of anilines is 1. The largest absolute Gasteiger partial charge is 0.496 e. The van der Waals surface area contributed by atoms with Gasteiger partial charge in [-0.2, -0.15) is 0 Å². The number of morpholine rings is 1. The summed E-state index contributed by atoms with van der Waals surface area (Å²) in [6, 6.07) is 4.23. The lowest BCUT2D eigenvalue weighted by Gasteiger charge is -2.30. The smallest absolute Gasteiger partial charge is 0.142 e. The zero-order valence-electron chi connectivity index (χ0n) is 14.2. The molecule has 124 valence electrons. The third-order valence-corrected chi connectivity index (χ3v) is 3.99. The number of rotatable bonds is 7. The van der Waals surface area contributed by atoms with E-state index in [1.807, 2.05) is 0 Å². The van der Waals surface area contributed by atoms with E-state index in [1.54, 1.807) is 14.2 Å².